The number of rotatable bonds is 6. The van der Waals surface area contributed by atoms with Crippen LogP contribution in [0.5, 0.6) is 5.75 Å². The molecule has 23 heavy (non-hydrogen) atoms. The Morgan fingerprint density at radius 2 is 2.00 bits per heavy atom. The SMILES string of the molecule is Cc1cc(CNCc2c(OC(F)F)ccc3ccccc23)no1. The van der Waals surface area contributed by atoms with E-state index in [0.29, 0.717) is 18.7 Å². The summed E-state index contributed by atoms with van der Waals surface area (Å²) >= 11 is 0. The van der Waals surface area contributed by atoms with Gasteiger partial charge in [0.2, 0.25) is 0 Å². The van der Waals surface area contributed by atoms with Crippen LogP contribution in [0.4, 0.5) is 8.78 Å². The number of nitrogens with zero attached hydrogens (tertiary/aromatic N) is 1. The summed E-state index contributed by atoms with van der Waals surface area (Å²) in [4.78, 5) is 0. The van der Waals surface area contributed by atoms with Crippen molar-refractivity contribution >= 4 is 10.8 Å². The standard InChI is InChI=1S/C17H16F2N2O2/c1-11-8-13(21-23-11)9-20-10-15-14-5-3-2-4-12(14)6-7-16(15)22-17(18)19/h2-8,17,20H,9-10H2,1H3. The zero-order chi connectivity index (χ0) is 16.2. The van der Waals surface area contributed by atoms with Gasteiger partial charge in [0.15, 0.2) is 0 Å². The van der Waals surface area contributed by atoms with Gasteiger partial charge in [0, 0.05) is 24.7 Å². The number of alkyl halides is 2. The first-order valence-corrected chi connectivity index (χ1v) is 7.22. The summed E-state index contributed by atoms with van der Waals surface area (Å²) in [7, 11) is 0. The van der Waals surface area contributed by atoms with E-state index in [9.17, 15) is 8.78 Å². The lowest BCUT2D eigenvalue weighted by atomic mass is 10.0. The number of halogens is 2. The summed E-state index contributed by atoms with van der Waals surface area (Å²) < 4.78 is 34.9. The van der Waals surface area contributed by atoms with Crippen LogP contribution in [0.25, 0.3) is 10.8 Å². The number of ether oxygens (including phenoxy) is 1. The molecule has 3 rings (SSSR count). The molecule has 0 saturated carbocycles. The molecule has 0 aliphatic carbocycles. The van der Waals surface area contributed by atoms with Crippen molar-refractivity contribution in [3.05, 3.63) is 59.5 Å². The van der Waals surface area contributed by atoms with Crippen molar-refractivity contribution in [2.45, 2.75) is 26.6 Å². The van der Waals surface area contributed by atoms with Gasteiger partial charge in [-0.15, -0.1) is 0 Å². The highest BCUT2D eigenvalue weighted by Gasteiger charge is 2.13. The van der Waals surface area contributed by atoms with Crippen LogP contribution >= 0.6 is 0 Å². The highest BCUT2D eigenvalue weighted by Crippen LogP contribution is 2.29. The second-order valence-corrected chi connectivity index (χ2v) is 5.17. The average molecular weight is 318 g/mol. The van der Waals surface area contributed by atoms with E-state index in [1.54, 1.807) is 12.1 Å². The van der Waals surface area contributed by atoms with Crippen LogP contribution in [0.2, 0.25) is 0 Å². The van der Waals surface area contributed by atoms with Crippen molar-refractivity contribution in [1.29, 1.82) is 0 Å². The summed E-state index contributed by atoms with van der Waals surface area (Å²) in [5, 5.41) is 8.94. The van der Waals surface area contributed by atoms with Gasteiger partial charge in [-0.1, -0.05) is 35.5 Å². The van der Waals surface area contributed by atoms with Gasteiger partial charge >= 0.3 is 6.61 Å². The lowest BCUT2D eigenvalue weighted by Gasteiger charge is -2.14. The molecule has 0 spiro atoms. The number of fused-ring (bicyclic) bond motifs is 1. The van der Waals surface area contributed by atoms with Gasteiger partial charge in [-0.05, 0) is 23.8 Å². The molecular weight excluding hydrogens is 302 g/mol. The van der Waals surface area contributed by atoms with Gasteiger partial charge in [0.05, 0.1) is 5.69 Å². The van der Waals surface area contributed by atoms with E-state index in [0.717, 1.165) is 22.2 Å². The van der Waals surface area contributed by atoms with Gasteiger partial charge in [-0.25, -0.2) is 0 Å². The first-order valence-electron chi connectivity index (χ1n) is 7.22. The maximum atomic E-state index is 12.6. The molecule has 0 aliphatic heterocycles. The summed E-state index contributed by atoms with van der Waals surface area (Å²) in [5.41, 5.74) is 1.46. The van der Waals surface area contributed by atoms with Crippen LogP contribution < -0.4 is 10.1 Å². The molecule has 4 nitrogen and oxygen atoms in total. The van der Waals surface area contributed by atoms with Crippen molar-refractivity contribution in [1.82, 2.24) is 10.5 Å². The van der Waals surface area contributed by atoms with E-state index in [1.807, 2.05) is 37.3 Å². The van der Waals surface area contributed by atoms with E-state index in [2.05, 4.69) is 15.2 Å². The minimum atomic E-state index is -2.85. The van der Waals surface area contributed by atoms with E-state index in [4.69, 9.17) is 4.52 Å². The van der Waals surface area contributed by atoms with Crippen LogP contribution in [0, 0.1) is 6.92 Å². The highest BCUT2D eigenvalue weighted by molar-refractivity contribution is 5.87. The quantitative estimate of drug-likeness (QED) is 0.745. The third kappa shape index (κ3) is 3.65. The van der Waals surface area contributed by atoms with E-state index in [1.165, 1.54) is 0 Å². The molecule has 0 unspecified atom stereocenters. The van der Waals surface area contributed by atoms with Crippen molar-refractivity contribution in [2.75, 3.05) is 0 Å². The normalized spacial score (nSPS) is 11.3. The first kappa shape index (κ1) is 15.4. The fraction of sp³-hybridized carbons (Fsp3) is 0.235. The number of aromatic nitrogens is 1. The maximum absolute atomic E-state index is 12.6. The van der Waals surface area contributed by atoms with Crippen LogP contribution in [-0.2, 0) is 13.1 Å². The minimum Gasteiger partial charge on any atom is -0.434 e. The molecule has 0 fully saturated rings. The van der Waals surface area contributed by atoms with E-state index in [-0.39, 0.29) is 5.75 Å². The third-order valence-electron chi connectivity index (χ3n) is 3.50. The van der Waals surface area contributed by atoms with Crippen LogP contribution in [0.3, 0.4) is 0 Å². The Hall–Kier alpha value is -2.47. The molecule has 0 amide bonds. The van der Waals surface area contributed by atoms with Crippen LogP contribution in [0.1, 0.15) is 17.0 Å². The zero-order valence-electron chi connectivity index (χ0n) is 12.6. The Kier molecular flexibility index (Phi) is 4.52. The smallest absolute Gasteiger partial charge is 0.387 e. The van der Waals surface area contributed by atoms with Crippen molar-refractivity contribution in [3.8, 4) is 5.75 Å². The number of benzene rings is 2. The molecule has 0 atom stereocenters. The molecule has 1 aromatic heterocycles. The van der Waals surface area contributed by atoms with Gasteiger partial charge < -0.3 is 14.6 Å². The molecule has 120 valence electrons. The maximum Gasteiger partial charge on any atom is 0.387 e. The second-order valence-electron chi connectivity index (χ2n) is 5.17. The predicted octanol–water partition coefficient (Wildman–Crippen LogP) is 4.03. The van der Waals surface area contributed by atoms with E-state index >= 15 is 0 Å². The summed E-state index contributed by atoms with van der Waals surface area (Å²) in [6.45, 7) is -0.173. The molecule has 0 saturated heterocycles. The summed E-state index contributed by atoms with van der Waals surface area (Å²) in [6.07, 6.45) is 0. The molecule has 0 aliphatic rings. The Bertz CT molecular complexity index is 802. The van der Waals surface area contributed by atoms with Crippen LogP contribution in [0.15, 0.2) is 47.0 Å². The van der Waals surface area contributed by atoms with E-state index < -0.39 is 6.61 Å². The number of aryl methyl sites for hydroxylation is 1. The Balaban J connectivity index is 1.84. The molecule has 1 heterocycles. The lowest BCUT2D eigenvalue weighted by molar-refractivity contribution is -0.0503. The first-order chi connectivity index (χ1) is 11.1. The van der Waals surface area contributed by atoms with Crippen LogP contribution in [-0.4, -0.2) is 11.8 Å². The predicted molar refractivity (Wildman–Crippen MR) is 82.4 cm³/mol. The zero-order valence-corrected chi connectivity index (χ0v) is 12.6. The third-order valence-corrected chi connectivity index (χ3v) is 3.50. The van der Waals surface area contributed by atoms with Gasteiger partial charge in [0.25, 0.3) is 0 Å². The van der Waals surface area contributed by atoms with Gasteiger partial charge in [-0.3, -0.25) is 0 Å². The average Bonchev–Trinajstić information content (AvgIpc) is 2.94. The summed E-state index contributed by atoms with van der Waals surface area (Å²) in [5.74, 6) is 0.913. The minimum absolute atomic E-state index is 0.183. The second kappa shape index (κ2) is 6.75. The van der Waals surface area contributed by atoms with Crippen molar-refractivity contribution in [3.63, 3.8) is 0 Å². The fourth-order valence-corrected chi connectivity index (χ4v) is 2.52. The van der Waals surface area contributed by atoms with Gasteiger partial charge in [-0.2, -0.15) is 8.78 Å². The fourth-order valence-electron chi connectivity index (χ4n) is 2.52. The number of hydrogen-bond donors (Lipinski definition) is 1. The number of hydrogen-bond acceptors (Lipinski definition) is 4. The Morgan fingerprint density at radius 3 is 2.74 bits per heavy atom. The molecule has 3 aromatic rings. The molecule has 0 radical (unpaired) electrons. The molecule has 2 aromatic carbocycles. The van der Waals surface area contributed by atoms with Crippen molar-refractivity contribution in [2.24, 2.45) is 0 Å². The topological polar surface area (TPSA) is 47.3 Å². The molecule has 0 bridgehead atoms. The molecule has 1 N–H and O–H groups in total. The molecular formula is C17H16F2N2O2. The van der Waals surface area contributed by atoms with Gasteiger partial charge in [0.1, 0.15) is 11.5 Å². The lowest BCUT2D eigenvalue weighted by Crippen LogP contribution is -2.15. The number of nitrogens with one attached hydrogen (secondary N) is 1. The van der Waals surface area contributed by atoms with Crippen molar-refractivity contribution < 1.29 is 18.0 Å². The summed E-state index contributed by atoms with van der Waals surface area (Å²) in [6, 6.07) is 12.8. The Labute approximate surface area is 132 Å². The largest absolute Gasteiger partial charge is 0.434 e. The molecule has 6 heteroatoms. The monoisotopic (exact) mass is 318 g/mol. The Morgan fingerprint density at radius 1 is 1.17 bits per heavy atom. The highest BCUT2D eigenvalue weighted by atomic mass is 19.3.